The maximum atomic E-state index is 12.5. The second-order valence-corrected chi connectivity index (χ2v) is 7.07. The molecule has 0 aliphatic carbocycles. The summed E-state index contributed by atoms with van der Waals surface area (Å²) in [7, 11) is 0. The minimum Gasteiger partial charge on any atom is -0.307 e. The van der Waals surface area contributed by atoms with Crippen LogP contribution in [-0.4, -0.2) is 15.9 Å². The molecular weight excluding hydrogens is 354 g/mol. The molecule has 0 spiro atoms. The van der Waals surface area contributed by atoms with Crippen molar-refractivity contribution in [3.8, 4) is 0 Å². The van der Waals surface area contributed by atoms with Gasteiger partial charge in [0.2, 0.25) is 0 Å². The number of pyridine rings is 2. The summed E-state index contributed by atoms with van der Waals surface area (Å²) >= 11 is 1.72. The van der Waals surface area contributed by atoms with E-state index in [1.165, 1.54) is 5.56 Å². The van der Waals surface area contributed by atoms with Gasteiger partial charge in [0.05, 0.1) is 5.52 Å². The van der Waals surface area contributed by atoms with Gasteiger partial charge in [-0.2, -0.15) is 0 Å². The Kier molecular flexibility index (Phi) is 5.12. The predicted molar refractivity (Wildman–Crippen MR) is 110 cm³/mol. The lowest BCUT2D eigenvalue weighted by Crippen LogP contribution is -2.12. The van der Waals surface area contributed by atoms with Gasteiger partial charge in [-0.3, -0.25) is 9.78 Å². The molecule has 2 aromatic carbocycles. The second-order valence-electron chi connectivity index (χ2n) is 6.02. The third kappa shape index (κ3) is 4.33. The van der Waals surface area contributed by atoms with Gasteiger partial charge in [-0.25, -0.2) is 4.98 Å². The average molecular weight is 371 g/mol. The number of thioether (sulfide) groups is 1. The van der Waals surface area contributed by atoms with Crippen molar-refractivity contribution in [2.24, 2.45) is 0 Å². The number of carbonyl (C=O) groups excluding carboxylic acids is 1. The molecular formula is C22H17N3OS. The number of amides is 1. The van der Waals surface area contributed by atoms with Gasteiger partial charge in [-0.05, 0) is 54.1 Å². The van der Waals surface area contributed by atoms with Crippen LogP contribution in [-0.2, 0) is 5.75 Å². The zero-order valence-electron chi connectivity index (χ0n) is 14.5. The van der Waals surface area contributed by atoms with Gasteiger partial charge in [0.15, 0.2) is 0 Å². The van der Waals surface area contributed by atoms with Crippen LogP contribution in [0.15, 0.2) is 90.1 Å². The topological polar surface area (TPSA) is 54.9 Å². The Morgan fingerprint density at radius 3 is 2.59 bits per heavy atom. The molecule has 0 saturated heterocycles. The van der Waals surface area contributed by atoms with E-state index in [4.69, 9.17) is 0 Å². The third-order valence-electron chi connectivity index (χ3n) is 4.08. The lowest BCUT2D eigenvalue weighted by atomic mass is 10.2. The molecule has 1 N–H and O–H groups in total. The molecule has 0 unspecified atom stereocenters. The van der Waals surface area contributed by atoms with Gasteiger partial charge in [0.25, 0.3) is 5.91 Å². The van der Waals surface area contributed by atoms with Crippen molar-refractivity contribution in [1.82, 2.24) is 9.97 Å². The number of anilines is 1. The molecule has 4 nitrogen and oxygen atoms in total. The van der Waals surface area contributed by atoms with Crippen LogP contribution in [0.25, 0.3) is 10.9 Å². The summed E-state index contributed by atoms with van der Waals surface area (Å²) in [6.45, 7) is 0. The van der Waals surface area contributed by atoms with Gasteiger partial charge in [0.1, 0.15) is 5.82 Å². The van der Waals surface area contributed by atoms with Crippen LogP contribution in [0.4, 0.5) is 5.82 Å². The van der Waals surface area contributed by atoms with Gasteiger partial charge in [-0.1, -0.05) is 24.3 Å². The van der Waals surface area contributed by atoms with E-state index >= 15 is 0 Å². The molecule has 0 fully saturated rings. The Balaban J connectivity index is 1.41. The minimum absolute atomic E-state index is 0.165. The quantitative estimate of drug-likeness (QED) is 0.492. The summed E-state index contributed by atoms with van der Waals surface area (Å²) in [5.74, 6) is 1.23. The molecule has 0 aliphatic heterocycles. The SMILES string of the molecule is O=C(Nc1ccc2ccccc2n1)c1ccc(SCc2cccnc2)cc1. The number of nitrogens with zero attached hydrogens (tertiary/aromatic N) is 2. The highest BCUT2D eigenvalue weighted by atomic mass is 32.2. The molecule has 27 heavy (non-hydrogen) atoms. The lowest BCUT2D eigenvalue weighted by Gasteiger charge is -2.07. The first-order chi connectivity index (χ1) is 13.3. The van der Waals surface area contributed by atoms with E-state index in [0.29, 0.717) is 11.4 Å². The number of rotatable bonds is 5. The summed E-state index contributed by atoms with van der Waals surface area (Å²) in [4.78, 5) is 22.2. The van der Waals surface area contributed by atoms with Crippen LogP contribution in [0, 0.1) is 0 Å². The van der Waals surface area contributed by atoms with Crippen LogP contribution < -0.4 is 5.32 Å². The van der Waals surface area contributed by atoms with Gasteiger partial charge in [0, 0.05) is 34.0 Å². The molecule has 0 aliphatic rings. The fourth-order valence-corrected chi connectivity index (χ4v) is 3.51. The summed E-state index contributed by atoms with van der Waals surface area (Å²) in [6.07, 6.45) is 3.64. The summed E-state index contributed by atoms with van der Waals surface area (Å²) < 4.78 is 0. The minimum atomic E-state index is -0.165. The molecule has 1 amide bonds. The van der Waals surface area contributed by atoms with E-state index < -0.39 is 0 Å². The van der Waals surface area contributed by atoms with Gasteiger partial charge >= 0.3 is 0 Å². The van der Waals surface area contributed by atoms with E-state index in [2.05, 4.69) is 21.4 Å². The molecule has 0 radical (unpaired) electrons. The van der Waals surface area contributed by atoms with Crippen molar-refractivity contribution < 1.29 is 4.79 Å². The monoisotopic (exact) mass is 371 g/mol. The third-order valence-corrected chi connectivity index (χ3v) is 5.17. The number of carbonyl (C=O) groups is 1. The Bertz CT molecular complexity index is 1070. The van der Waals surface area contributed by atoms with Gasteiger partial charge < -0.3 is 5.32 Å². The summed E-state index contributed by atoms with van der Waals surface area (Å²) in [6, 6.07) is 23.2. The number of hydrogen-bond acceptors (Lipinski definition) is 4. The van der Waals surface area contributed by atoms with Crippen LogP contribution in [0.2, 0.25) is 0 Å². The Labute approximate surface area is 161 Å². The number of hydrogen-bond donors (Lipinski definition) is 1. The molecule has 2 heterocycles. The molecule has 0 atom stereocenters. The molecule has 4 aromatic rings. The summed E-state index contributed by atoms with van der Waals surface area (Å²) in [5, 5.41) is 3.91. The highest BCUT2D eigenvalue weighted by molar-refractivity contribution is 7.98. The standard InChI is InChI=1S/C22H17N3OS/c26-22(25-21-12-9-17-5-1-2-6-20(17)24-21)18-7-10-19(11-8-18)27-15-16-4-3-13-23-14-16/h1-14H,15H2,(H,24,25,26). The normalized spacial score (nSPS) is 10.7. The van der Waals surface area contributed by atoms with E-state index in [-0.39, 0.29) is 5.91 Å². The number of para-hydroxylation sites is 1. The fraction of sp³-hybridized carbons (Fsp3) is 0.0455. The molecule has 132 valence electrons. The van der Waals surface area contributed by atoms with Crippen molar-refractivity contribution in [3.05, 3.63) is 96.3 Å². The highest BCUT2D eigenvalue weighted by Crippen LogP contribution is 2.23. The first-order valence-electron chi connectivity index (χ1n) is 8.57. The predicted octanol–water partition coefficient (Wildman–Crippen LogP) is 5.17. The zero-order valence-corrected chi connectivity index (χ0v) is 15.3. The van der Waals surface area contributed by atoms with E-state index in [0.717, 1.165) is 21.6 Å². The maximum Gasteiger partial charge on any atom is 0.256 e. The Morgan fingerprint density at radius 2 is 1.78 bits per heavy atom. The first-order valence-corrected chi connectivity index (χ1v) is 9.55. The average Bonchev–Trinajstić information content (AvgIpc) is 2.73. The van der Waals surface area contributed by atoms with Crippen LogP contribution in [0.5, 0.6) is 0 Å². The molecule has 5 heteroatoms. The van der Waals surface area contributed by atoms with Crippen LogP contribution in [0.3, 0.4) is 0 Å². The number of fused-ring (bicyclic) bond motifs is 1. The van der Waals surface area contributed by atoms with Crippen molar-refractivity contribution in [1.29, 1.82) is 0 Å². The van der Waals surface area contributed by atoms with Crippen molar-refractivity contribution in [2.75, 3.05) is 5.32 Å². The Hall–Kier alpha value is -3.18. The number of benzene rings is 2. The highest BCUT2D eigenvalue weighted by Gasteiger charge is 2.08. The molecule has 4 rings (SSSR count). The molecule has 2 aromatic heterocycles. The van der Waals surface area contributed by atoms with E-state index in [1.807, 2.05) is 72.9 Å². The smallest absolute Gasteiger partial charge is 0.256 e. The maximum absolute atomic E-state index is 12.5. The van der Waals surface area contributed by atoms with Crippen LogP contribution >= 0.6 is 11.8 Å². The zero-order chi connectivity index (χ0) is 18.5. The van der Waals surface area contributed by atoms with E-state index in [9.17, 15) is 4.79 Å². The second kappa shape index (κ2) is 8.01. The fourth-order valence-electron chi connectivity index (χ4n) is 2.68. The largest absolute Gasteiger partial charge is 0.307 e. The number of aromatic nitrogens is 2. The van der Waals surface area contributed by atoms with Crippen molar-refractivity contribution >= 4 is 34.4 Å². The van der Waals surface area contributed by atoms with Crippen LogP contribution in [0.1, 0.15) is 15.9 Å². The molecule has 0 saturated carbocycles. The molecule has 0 bridgehead atoms. The van der Waals surface area contributed by atoms with Crippen molar-refractivity contribution in [3.63, 3.8) is 0 Å². The van der Waals surface area contributed by atoms with Crippen molar-refractivity contribution in [2.45, 2.75) is 10.6 Å². The van der Waals surface area contributed by atoms with E-state index in [1.54, 1.807) is 18.0 Å². The Morgan fingerprint density at radius 1 is 0.926 bits per heavy atom. The number of nitrogens with one attached hydrogen (secondary N) is 1. The first kappa shape index (κ1) is 17.2. The lowest BCUT2D eigenvalue weighted by molar-refractivity contribution is 0.102. The van der Waals surface area contributed by atoms with Gasteiger partial charge in [-0.15, -0.1) is 11.8 Å². The summed E-state index contributed by atoms with van der Waals surface area (Å²) in [5.41, 5.74) is 2.64.